The van der Waals surface area contributed by atoms with Gasteiger partial charge >= 0.3 is 0 Å². The summed E-state index contributed by atoms with van der Waals surface area (Å²) >= 11 is 1.51. The number of pyridine rings is 1. The van der Waals surface area contributed by atoms with Gasteiger partial charge in [-0.05, 0) is 19.9 Å². The fourth-order valence-electron chi connectivity index (χ4n) is 3.72. The SMILES string of the molecule is CC(C)(F)c1nc(N2C[C@H]3CSC(N)=NC3(c3cccnc3)C2)ncc1F. The van der Waals surface area contributed by atoms with Crippen molar-refractivity contribution in [1.82, 2.24) is 15.0 Å². The third kappa shape index (κ3) is 3.13. The smallest absolute Gasteiger partial charge is 0.225 e. The zero-order valence-electron chi connectivity index (χ0n) is 15.1. The Morgan fingerprint density at radius 2 is 2.19 bits per heavy atom. The topological polar surface area (TPSA) is 80.3 Å². The Hall–Kier alpha value is -2.29. The van der Waals surface area contributed by atoms with Crippen LogP contribution in [-0.4, -0.2) is 39.0 Å². The summed E-state index contributed by atoms with van der Waals surface area (Å²) in [4.78, 5) is 19.2. The number of thioether (sulfide) groups is 1. The van der Waals surface area contributed by atoms with E-state index >= 15 is 0 Å². The van der Waals surface area contributed by atoms with Gasteiger partial charge < -0.3 is 10.6 Å². The summed E-state index contributed by atoms with van der Waals surface area (Å²) in [5.74, 6) is 0.509. The van der Waals surface area contributed by atoms with Gasteiger partial charge in [0.1, 0.15) is 16.9 Å². The van der Waals surface area contributed by atoms with Gasteiger partial charge in [-0.2, -0.15) is 0 Å². The zero-order valence-corrected chi connectivity index (χ0v) is 15.9. The van der Waals surface area contributed by atoms with E-state index in [0.29, 0.717) is 24.2 Å². The fraction of sp³-hybridized carbons (Fsp3) is 0.444. The van der Waals surface area contributed by atoms with Crippen LogP contribution in [0.2, 0.25) is 0 Å². The highest BCUT2D eigenvalue weighted by molar-refractivity contribution is 8.13. The molecule has 2 aromatic rings. The molecule has 4 rings (SSSR count). The number of aromatic nitrogens is 3. The lowest BCUT2D eigenvalue weighted by molar-refractivity contribution is 0.205. The molecule has 27 heavy (non-hydrogen) atoms. The molecule has 6 nitrogen and oxygen atoms in total. The molecule has 0 bridgehead atoms. The van der Waals surface area contributed by atoms with E-state index in [-0.39, 0.29) is 11.6 Å². The molecular weight excluding hydrogens is 370 g/mol. The van der Waals surface area contributed by atoms with Crippen molar-refractivity contribution in [2.45, 2.75) is 25.1 Å². The number of fused-ring (bicyclic) bond motifs is 1. The van der Waals surface area contributed by atoms with Gasteiger partial charge in [0.05, 0.1) is 12.7 Å². The molecule has 9 heteroatoms. The number of amidine groups is 1. The number of aliphatic imine (C=N–C) groups is 1. The summed E-state index contributed by atoms with van der Waals surface area (Å²) in [5, 5.41) is 0.530. The number of anilines is 1. The van der Waals surface area contributed by atoms with Crippen LogP contribution in [0.1, 0.15) is 25.1 Å². The Morgan fingerprint density at radius 3 is 2.89 bits per heavy atom. The normalized spacial score (nSPS) is 25.3. The van der Waals surface area contributed by atoms with Crippen molar-refractivity contribution < 1.29 is 8.78 Å². The molecule has 1 fully saturated rings. The molecule has 1 saturated heterocycles. The summed E-state index contributed by atoms with van der Waals surface area (Å²) in [7, 11) is 0. The van der Waals surface area contributed by atoms with E-state index in [4.69, 9.17) is 10.7 Å². The van der Waals surface area contributed by atoms with Crippen LogP contribution in [0.25, 0.3) is 0 Å². The van der Waals surface area contributed by atoms with E-state index in [1.807, 2.05) is 17.0 Å². The second-order valence-electron chi connectivity index (χ2n) is 7.34. The Kier molecular flexibility index (Phi) is 4.29. The first kappa shape index (κ1) is 18.1. The molecule has 142 valence electrons. The van der Waals surface area contributed by atoms with E-state index < -0.39 is 17.0 Å². The Morgan fingerprint density at radius 1 is 1.37 bits per heavy atom. The number of alkyl halides is 1. The molecule has 0 amide bonds. The maximum absolute atomic E-state index is 14.3. The van der Waals surface area contributed by atoms with Crippen LogP contribution in [-0.2, 0) is 11.2 Å². The fourth-order valence-corrected chi connectivity index (χ4v) is 4.70. The van der Waals surface area contributed by atoms with E-state index in [1.165, 1.54) is 25.6 Å². The zero-order chi connectivity index (χ0) is 19.2. The highest BCUT2D eigenvalue weighted by atomic mass is 32.2. The van der Waals surface area contributed by atoms with Crippen LogP contribution in [0.3, 0.4) is 0 Å². The van der Waals surface area contributed by atoms with E-state index in [9.17, 15) is 8.78 Å². The van der Waals surface area contributed by atoms with Gasteiger partial charge in [0.2, 0.25) is 5.95 Å². The summed E-state index contributed by atoms with van der Waals surface area (Å²) in [6.45, 7) is 3.66. The van der Waals surface area contributed by atoms with Crippen molar-refractivity contribution in [3.8, 4) is 0 Å². The number of halogens is 2. The second-order valence-corrected chi connectivity index (χ2v) is 8.38. The molecule has 2 aliphatic rings. The minimum absolute atomic E-state index is 0.162. The second kappa shape index (κ2) is 6.40. The Labute approximate surface area is 160 Å². The third-order valence-electron chi connectivity index (χ3n) is 5.03. The van der Waals surface area contributed by atoms with Gasteiger partial charge in [0.25, 0.3) is 0 Å². The minimum Gasteiger partial charge on any atom is -0.379 e. The van der Waals surface area contributed by atoms with Crippen LogP contribution in [0.4, 0.5) is 14.7 Å². The van der Waals surface area contributed by atoms with Crippen LogP contribution < -0.4 is 10.6 Å². The predicted octanol–water partition coefficient (Wildman–Crippen LogP) is 2.61. The summed E-state index contributed by atoms with van der Waals surface area (Å²) in [5.41, 5.74) is 4.31. The quantitative estimate of drug-likeness (QED) is 0.868. The molecule has 0 aromatic carbocycles. The Balaban J connectivity index is 1.75. The van der Waals surface area contributed by atoms with E-state index in [1.54, 1.807) is 12.4 Å². The molecular formula is C18H20F2N6S. The van der Waals surface area contributed by atoms with Crippen LogP contribution in [0.15, 0.2) is 35.7 Å². The van der Waals surface area contributed by atoms with Crippen LogP contribution in [0.5, 0.6) is 0 Å². The molecule has 2 aromatic heterocycles. The molecule has 2 aliphatic heterocycles. The standard InChI is InChI=1S/C18H20F2N6S/c1-17(2,20)14-13(19)7-23-16(24-14)26-8-12-9-27-15(21)25-18(12,10-26)11-4-3-5-22-6-11/h3-7,12H,8-10H2,1-2H3,(H2,21,25)/t12-,18?/m0/s1. The molecule has 2 N–H and O–H groups in total. The van der Waals surface area contributed by atoms with E-state index in [2.05, 4.69) is 15.0 Å². The number of nitrogens with zero attached hydrogens (tertiary/aromatic N) is 5. The highest BCUT2D eigenvalue weighted by Gasteiger charge is 2.51. The summed E-state index contributed by atoms with van der Waals surface area (Å²) in [6, 6.07) is 3.85. The minimum atomic E-state index is -1.90. The number of rotatable bonds is 3. The monoisotopic (exact) mass is 390 g/mol. The highest BCUT2D eigenvalue weighted by Crippen LogP contribution is 2.45. The molecule has 0 radical (unpaired) electrons. The lowest BCUT2D eigenvalue weighted by atomic mass is 9.83. The van der Waals surface area contributed by atoms with Crippen molar-refractivity contribution in [3.63, 3.8) is 0 Å². The number of nitrogens with two attached hydrogens (primary N) is 1. The van der Waals surface area contributed by atoms with Crippen molar-refractivity contribution in [3.05, 3.63) is 47.8 Å². The van der Waals surface area contributed by atoms with Crippen molar-refractivity contribution in [1.29, 1.82) is 0 Å². The largest absolute Gasteiger partial charge is 0.379 e. The van der Waals surface area contributed by atoms with Gasteiger partial charge in [0, 0.05) is 36.2 Å². The molecule has 4 heterocycles. The molecule has 0 saturated carbocycles. The van der Waals surface area contributed by atoms with Gasteiger partial charge in [-0.25, -0.2) is 23.7 Å². The summed E-state index contributed by atoms with van der Waals surface area (Å²) in [6.07, 6.45) is 4.54. The van der Waals surface area contributed by atoms with Crippen molar-refractivity contribution in [2.24, 2.45) is 16.6 Å². The lowest BCUT2D eigenvalue weighted by Crippen LogP contribution is -2.40. The van der Waals surface area contributed by atoms with Crippen LogP contribution in [0, 0.1) is 11.7 Å². The molecule has 1 unspecified atom stereocenters. The molecule has 2 atom stereocenters. The molecule has 0 spiro atoms. The first-order valence-corrected chi connectivity index (χ1v) is 9.64. The van der Waals surface area contributed by atoms with Gasteiger partial charge in [-0.1, -0.05) is 17.8 Å². The third-order valence-corrected chi connectivity index (χ3v) is 5.99. The van der Waals surface area contributed by atoms with Crippen molar-refractivity contribution >= 4 is 22.9 Å². The Bertz CT molecular complexity index is 885. The van der Waals surface area contributed by atoms with Gasteiger partial charge in [-0.3, -0.25) is 4.98 Å². The lowest BCUT2D eigenvalue weighted by Gasteiger charge is -2.34. The first-order valence-electron chi connectivity index (χ1n) is 8.65. The maximum atomic E-state index is 14.3. The summed E-state index contributed by atoms with van der Waals surface area (Å²) < 4.78 is 28.3. The predicted molar refractivity (Wildman–Crippen MR) is 102 cm³/mol. The number of hydrogen-bond acceptors (Lipinski definition) is 7. The first-order chi connectivity index (χ1) is 12.8. The molecule has 0 aliphatic carbocycles. The van der Waals surface area contributed by atoms with Gasteiger partial charge in [0.15, 0.2) is 11.0 Å². The van der Waals surface area contributed by atoms with Crippen molar-refractivity contribution in [2.75, 3.05) is 23.7 Å². The average Bonchev–Trinajstić information content (AvgIpc) is 3.02. The van der Waals surface area contributed by atoms with Gasteiger partial charge in [-0.15, -0.1) is 0 Å². The van der Waals surface area contributed by atoms with Crippen LogP contribution >= 0.6 is 11.8 Å². The maximum Gasteiger partial charge on any atom is 0.225 e. The average molecular weight is 390 g/mol. The number of hydrogen-bond donors (Lipinski definition) is 1. The van der Waals surface area contributed by atoms with E-state index in [0.717, 1.165) is 17.5 Å².